The summed E-state index contributed by atoms with van der Waals surface area (Å²) in [7, 11) is 0. The van der Waals surface area contributed by atoms with Gasteiger partial charge in [-0.05, 0) is 12.8 Å². The zero-order valence-corrected chi connectivity index (χ0v) is 9.21. The van der Waals surface area contributed by atoms with Crippen LogP contribution in [0.4, 0.5) is 0 Å². The highest BCUT2D eigenvalue weighted by Gasteiger charge is 2.43. The van der Waals surface area contributed by atoms with Crippen molar-refractivity contribution in [2.45, 2.75) is 58.2 Å². The summed E-state index contributed by atoms with van der Waals surface area (Å²) in [6.45, 7) is 5.05. The van der Waals surface area contributed by atoms with Crippen LogP contribution in [0.15, 0.2) is 0 Å². The van der Waals surface area contributed by atoms with Gasteiger partial charge in [-0.3, -0.25) is 4.79 Å². The van der Waals surface area contributed by atoms with Gasteiger partial charge in [0.05, 0.1) is 6.10 Å². The lowest BCUT2D eigenvalue weighted by molar-refractivity contribution is -0.122. The Labute approximate surface area is 86.2 Å². The molecule has 1 fully saturated rings. The Bertz CT molecular complexity index is 182. The van der Waals surface area contributed by atoms with E-state index in [9.17, 15) is 4.79 Å². The molecule has 1 heterocycles. The van der Waals surface area contributed by atoms with Gasteiger partial charge in [-0.1, -0.05) is 33.1 Å². The lowest BCUT2D eigenvalue weighted by atomic mass is 10.1. The van der Waals surface area contributed by atoms with Crippen molar-refractivity contribution in [1.29, 1.82) is 0 Å². The summed E-state index contributed by atoms with van der Waals surface area (Å²) >= 11 is 0. The number of amides is 1. The van der Waals surface area contributed by atoms with Gasteiger partial charge < -0.3 is 10.1 Å². The molecule has 3 heteroatoms. The maximum absolute atomic E-state index is 11.4. The van der Waals surface area contributed by atoms with Gasteiger partial charge in [0.25, 0.3) is 5.91 Å². The molecule has 0 aromatic carbocycles. The number of carbonyl (C=O) groups is 1. The molecule has 2 atom stereocenters. The zero-order valence-electron chi connectivity index (χ0n) is 9.21. The summed E-state index contributed by atoms with van der Waals surface area (Å²) in [5.74, 6) is 0.0829. The van der Waals surface area contributed by atoms with Crippen LogP contribution < -0.4 is 5.32 Å². The van der Waals surface area contributed by atoms with Crippen molar-refractivity contribution in [2.75, 3.05) is 6.54 Å². The standard InChI is InChI=1S/C11H21NO2/c1-3-5-7-9-10(14-9)11(13)12-8-6-4-2/h9-10H,3-8H2,1-2H3,(H,12,13)/t9-,10+/m1/s1. The summed E-state index contributed by atoms with van der Waals surface area (Å²) in [5.41, 5.74) is 0. The van der Waals surface area contributed by atoms with Crippen molar-refractivity contribution in [1.82, 2.24) is 5.32 Å². The normalized spacial score (nSPS) is 24.7. The van der Waals surface area contributed by atoms with E-state index >= 15 is 0 Å². The van der Waals surface area contributed by atoms with Crippen molar-refractivity contribution in [3.63, 3.8) is 0 Å². The summed E-state index contributed by atoms with van der Waals surface area (Å²) in [4.78, 5) is 11.4. The number of ether oxygens (including phenoxy) is 1. The molecular weight excluding hydrogens is 178 g/mol. The molecule has 1 saturated heterocycles. The molecule has 1 rings (SSSR count). The Hall–Kier alpha value is -0.570. The lowest BCUT2D eigenvalue weighted by Crippen LogP contribution is -2.29. The Morgan fingerprint density at radius 2 is 2.00 bits per heavy atom. The second kappa shape index (κ2) is 6.02. The topological polar surface area (TPSA) is 41.6 Å². The molecule has 14 heavy (non-hydrogen) atoms. The van der Waals surface area contributed by atoms with Gasteiger partial charge in [0.1, 0.15) is 0 Å². The number of hydrogen-bond acceptors (Lipinski definition) is 2. The van der Waals surface area contributed by atoms with Gasteiger partial charge in [0.15, 0.2) is 6.10 Å². The lowest BCUT2D eigenvalue weighted by Gasteiger charge is -2.00. The van der Waals surface area contributed by atoms with Gasteiger partial charge in [-0.2, -0.15) is 0 Å². The highest BCUT2D eigenvalue weighted by atomic mass is 16.6. The van der Waals surface area contributed by atoms with Crippen molar-refractivity contribution in [3.8, 4) is 0 Å². The third-order valence-electron chi connectivity index (χ3n) is 2.51. The van der Waals surface area contributed by atoms with Crippen molar-refractivity contribution >= 4 is 5.91 Å². The van der Waals surface area contributed by atoms with Crippen LogP contribution in [0.2, 0.25) is 0 Å². The summed E-state index contributed by atoms with van der Waals surface area (Å²) in [6.07, 6.45) is 5.59. The summed E-state index contributed by atoms with van der Waals surface area (Å²) < 4.78 is 5.30. The Kier molecular flexibility index (Phi) is 4.94. The average Bonchev–Trinajstić information content (AvgIpc) is 2.94. The maximum Gasteiger partial charge on any atom is 0.251 e. The maximum atomic E-state index is 11.4. The van der Waals surface area contributed by atoms with Gasteiger partial charge >= 0.3 is 0 Å². The number of carbonyl (C=O) groups excluding carboxylic acids is 1. The highest BCUT2D eigenvalue weighted by Crippen LogP contribution is 2.27. The molecule has 1 amide bonds. The van der Waals surface area contributed by atoms with Crippen LogP contribution in [-0.2, 0) is 9.53 Å². The number of nitrogens with one attached hydrogen (secondary N) is 1. The Morgan fingerprint density at radius 1 is 1.29 bits per heavy atom. The van der Waals surface area contributed by atoms with Gasteiger partial charge in [-0.25, -0.2) is 0 Å². The number of unbranched alkanes of at least 4 members (excludes halogenated alkanes) is 2. The minimum atomic E-state index is -0.140. The molecule has 1 aliphatic heterocycles. The van der Waals surface area contributed by atoms with Crippen LogP contribution in [0.25, 0.3) is 0 Å². The van der Waals surface area contributed by atoms with Crippen LogP contribution in [0.5, 0.6) is 0 Å². The second-order valence-corrected chi connectivity index (χ2v) is 3.88. The minimum absolute atomic E-state index is 0.0829. The highest BCUT2D eigenvalue weighted by molar-refractivity contribution is 5.83. The van der Waals surface area contributed by atoms with Crippen molar-refractivity contribution < 1.29 is 9.53 Å². The first-order valence-corrected chi connectivity index (χ1v) is 5.72. The molecule has 0 saturated carbocycles. The smallest absolute Gasteiger partial charge is 0.251 e. The Morgan fingerprint density at radius 3 is 2.64 bits per heavy atom. The first-order valence-electron chi connectivity index (χ1n) is 5.72. The third-order valence-corrected chi connectivity index (χ3v) is 2.51. The van der Waals surface area contributed by atoms with E-state index in [4.69, 9.17) is 4.74 Å². The fourth-order valence-corrected chi connectivity index (χ4v) is 1.49. The minimum Gasteiger partial charge on any atom is -0.359 e. The molecule has 82 valence electrons. The predicted octanol–water partition coefficient (Wildman–Crippen LogP) is 1.86. The van der Waals surface area contributed by atoms with E-state index in [1.807, 2.05) is 0 Å². The predicted molar refractivity (Wildman–Crippen MR) is 56.1 cm³/mol. The van der Waals surface area contributed by atoms with Crippen molar-refractivity contribution in [3.05, 3.63) is 0 Å². The number of rotatable bonds is 7. The zero-order chi connectivity index (χ0) is 10.4. The SMILES string of the molecule is CCCCNC(=O)[C@H]1O[C@@H]1CCCC. The molecule has 3 nitrogen and oxygen atoms in total. The molecular formula is C11H21NO2. The molecule has 0 aliphatic carbocycles. The van der Waals surface area contributed by atoms with E-state index in [0.717, 1.165) is 32.2 Å². The van der Waals surface area contributed by atoms with E-state index in [1.165, 1.54) is 6.42 Å². The molecule has 0 unspecified atom stereocenters. The molecule has 0 bridgehead atoms. The molecule has 0 aromatic rings. The number of hydrogen-bond donors (Lipinski definition) is 1. The van der Waals surface area contributed by atoms with Crippen LogP contribution in [0.3, 0.4) is 0 Å². The van der Waals surface area contributed by atoms with E-state index in [1.54, 1.807) is 0 Å². The monoisotopic (exact) mass is 199 g/mol. The molecule has 0 aromatic heterocycles. The average molecular weight is 199 g/mol. The van der Waals surface area contributed by atoms with Crippen LogP contribution >= 0.6 is 0 Å². The van der Waals surface area contributed by atoms with E-state index in [0.29, 0.717) is 0 Å². The molecule has 0 radical (unpaired) electrons. The largest absolute Gasteiger partial charge is 0.359 e. The van der Waals surface area contributed by atoms with Gasteiger partial charge in [0, 0.05) is 6.54 Å². The molecule has 0 spiro atoms. The van der Waals surface area contributed by atoms with Crippen LogP contribution in [0, 0.1) is 0 Å². The molecule has 1 aliphatic rings. The fourth-order valence-electron chi connectivity index (χ4n) is 1.49. The third kappa shape index (κ3) is 3.66. The van der Waals surface area contributed by atoms with E-state index in [2.05, 4.69) is 19.2 Å². The van der Waals surface area contributed by atoms with Gasteiger partial charge in [-0.15, -0.1) is 0 Å². The quantitative estimate of drug-likeness (QED) is 0.502. The summed E-state index contributed by atoms with van der Waals surface area (Å²) in [6, 6.07) is 0. The van der Waals surface area contributed by atoms with Crippen LogP contribution in [0.1, 0.15) is 46.0 Å². The van der Waals surface area contributed by atoms with E-state index in [-0.39, 0.29) is 18.1 Å². The van der Waals surface area contributed by atoms with Gasteiger partial charge in [0.2, 0.25) is 0 Å². The fraction of sp³-hybridized carbons (Fsp3) is 0.909. The van der Waals surface area contributed by atoms with Crippen LogP contribution in [-0.4, -0.2) is 24.7 Å². The first kappa shape index (κ1) is 11.5. The number of epoxide rings is 1. The second-order valence-electron chi connectivity index (χ2n) is 3.88. The Balaban J connectivity index is 2.03. The summed E-state index contributed by atoms with van der Waals surface area (Å²) in [5, 5.41) is 2.89. The van der Waals surface area contributed by atoms with E-state index < -0.39 is 0 Å². The van der Waals surface area contributed by atoms with Crippen molar-refractivity contribution in [2.24, 2.45) is 0 Å². The molecule has 1 N–H and O–H groups in total. The first-order chi connectivity index (χ1) is 6.79.